The number of benzene rings is 2. The highest BCUT2D eigenvalue weighted by molar-refractivity contribution is 6.46. The van der Waals surface area contributed by atoms with Crippen LogP contribution in [0.2, 0.25) is 15.1 Å². The van der Waals surface area contributed by atoms with Crippen LogP contribution in [-0.2, 0) is 0 Å². The van der Waals surface area contributed by atoms with Crippen molar-refractivity contribution in [2.24, 2.45) is 0 Å². The first-order valence-electron chi connectivity index (χ1n) is 9.05. The highest BCUT2D eigenvalue weighted by Gasteiger charge is 2.44. The zero-order chi connectivity index (χ0) is 20.1. The maximum Gasteiger partial charge on any atom is 0.256 e. The fourth-order valence-corrected chi connectivity index (χ4v) is 4.58. The Morgan fingerprint density at radius 1 is 1.07 bits per heavy atom. The van der Waals surface area contributed by atoms with Crippen molar-refractivity contribution in [1.82, 2.24) is 4.90 Å². The van der Waals surface area contributed by atoms with Crippen molar-refractivity contribution in [3.63, 3.8) is 0 Å². The summed E-state index contributed by atoms with van der Waals surface area (Å²) in [5, 5.41) is 0.719. The SMILES string of the molecule is Cc1ccc2c(c1)C(=O)CC1(CCN(C(=O)c3c(Cl)ccc(Cl)c3Cl)CC1)O2. The van der Waals surface area contributed by atoms with E-state index in [0.717, 1.165) is 5.56 Å². The van der Waals surface area contributed by atoms with Gasteiger partial charge < -0.3 is 9.64 Å². The van der Waals surface area contributed by atoms with Crippen LogP contribution in [0.1, 0.15) is 45.5 Å². The van der Waals surface area contributed by atoms with Gasteiger partial charge in [0.25, 0.3) is 5.91 Å². The Morgan fingerprint density at radius 3 is 2.46 bits per heavy atom. The Labute approximate surface area is 178 Å². The molecular formula is C21H18Cl3NO3. The van der Waals surface area contributed by atoms with Crippen LogP contribution in [0.15, 0.2) is 30.3 Å². The second kappa shape index (κ2) is 7.25. The Hall–Kier alpha value is -1.75. The van der Waals surface area contributed by atoms with Crippen molar-refractivity contribution >= 4 is 46.5 Å². The molecule has 0 atom stereocenters. The number of aryl methyl sites for hydroxylation is 1. The first-order valence-corrected chi connectivity index (χ1v) is 10.2. The van der Waals surface area contributed by atoms with Crippen LogP contribution in [0.3, 0.4) is 0 Å². The van der Waals surface area contributed by atoms with Crippen molar-refractivity contribution in [1.29, 1.82) is 0 Å². The Bertz CT molecular complexity index is 981. The lowest BCUT2D eigenvalue weighted by atomic mass is 9.82. The molecule has 2 aromatic rings. The third kappa shape index (κ3) is 3.38. The molecule has 0 saturated carbocycles. The number of piperidine rings is 1. The lowest BCUT2D eigenvalue weighted by Gasteiger charge is -2.44. The highest BCUT2D eigenvalue weighted by atomic mass is 35.5. The van der Waals surface area contributed by atoms with E-state index in [4.69, 9.17) is 39.5 Å². The summed E-state index contributed by atoms with van der Waals surface area (Å²) in [6, 6.07) is 8.79. The van der Waals surface area contributed by atoms with Gasteiger partial charge in [-0.25, -0.2) is 0 Å². The molecule has 4 rings (SSSR count). The lowest BCUT2D eigenvalue weighted by molar-refractivity contribution is -0.00571. The summed E-state index contributed by atoms with van der Waals surface area (Å²) < 4.78 is 6.25. The number of carbonyl (C=O) groups is 2. The third-order valence-electron chi connectivity index (χ3n) is 5.46. The van der Waals surface area contributed by atoms with Crippen molar-refractivity contribution in [3.05, 3.63) is 62.1 Å². The topological polar surface area (TPSA) is 46.6 Å². The quantitative estimate of drug-likeness (QED) is 0.545. The first-order chi connectivity index (χ1) is 13.3. The number of rotatable bonds is 1. The fraction of sp³-hybridized carbons (Fsp3) is 0.333. The molecule has 7 heteroatoms. The predicted octanol–water partition coefficient (Wildman–Crippen LogP) is 5.60. The maximum atomic E-state index is 13.0. The van der Waals surface area contributed by atoms with Crippen molar-refractivity contribution in [3.8, 4) is 5.75 Å². The molecule has 0 aromatic heterocycles. The van der Waals surface area contributed by atoms with Gasteiger partial charge >= 0.3 is 0 Å². The van der Waals surface area contributed by atoms with E-state index in [1.165, 1.54) is 0 Å². The second-order valence-electron chi connectivity index (χ2n) is 7.40. The maximum absolute atomic E-state index is 13.0. The summed E-state index contributed by atoms with van der Waals surface area (Å²) in [5.74, 6) is 0.457. The third-order valence-corrected chi connectivity index (χ3v) is 6.58. The number of ether oxygens (including phenoxy) is 1. The van der Waals surface area contributed by atoms with Gasteiger partial charge in [0.1, 0.15) is 11.4 Å². The number of fused-ring (bicyclic) bond motifs is 1. The number of ketones is 1. The van der Waals surface area contributed by atoms with Crippen molar-refractivity contribution in [2.45, 2.75) is 31.8 Å². The van der Waals surface area contributed by atoms with E-state index in [1.54, 1.807) is 17.0 Å². The number of halogens is 3. The summed E-state index contributed by atoms with van der Waals surface area (Å²) in [5.41, 5.74) is 1.31. The normalized spacial score (nSPS) is 18.0. The second-order valence-corrected chi connectivity index (χ2v) is 8.59. The van der Waals surface area contributed by atoms with E-state index >= 15 is 0 Å². The molecule has 28 heavy (non-hydrogen) atoms. The van der Waals surface area contributed by atoms with E-state index in [9.17, 15) is 9.59 Å². The minimum atomic E-state index is -0.571. The molecule has 0 unspecified atom stereocenters. The number of hydrogen-bond acceptors (Lipinski definition) is 3. The van der Waals surface area contributed by atoms with E-state index in [1.807, 2.05) is 25.1 Å². The van der Waals surface area contributed by atoms with E-state index < -0.39 is 5.60 Å². The minimum Gasteiger partial charge on any atom is -0.486 e. The molecule has 0 bridgehead atoms. The Morgan fingerprint density at radius 2 is 1.75 bits per heavy atom. The number of hydrogen-bond donors (Lipinski definition) is 0. The molecule has 2 heterocycles. The Kier molecular flexibility index (Phi) is 5.07. The van der Waals surface area contributed by atoms with Gasteiger partial charge in [0.15, 0.2) is 5.78 Å². The van der Waals surface area contributed by atoms with Crippen LogP contribution >= 0.6 is 34.8 Å². The van der Waals surface area contributed by atoms with Gasteiger partial charge in [-0.15, -0.1) is 0 Å². The van der Waals surface area contributed by atoms with Crippen LogP contribution in [0.25, 0.3) is 0 Å². The van der Waals surface area contributed by atoms with Gasteiger partial charge in [0, 0.05) is 25.9 Å². The molecule has 4 nitrogen and oxygen atoms in total. The first kappa shape index (κ1) is 19.6. The number of amides is 1. The standard InChI is InChI=1S/C21H18Cl3NO3/c1-12-2-5-17-13(10-12)16(26)11-21(28-17)6-8-25(9-7-21)20(27)18-14(22)3-4-15(23)19(18)24/h2-5,10H,6-9,11H2,1H3. The van der Waals surface area contributed by atoms with Gasteiger partial charge in [-0.2, -0.15) is 0 Å². The van der Waals surface area contributed by atoms with Gasteiger partial charge in [-0.1, -0.05) is 46.4 Å². The number of Topliss-reactive ketones (excluding diaryl/α,β-unsaturated/α-hetero) is 1. The van der Waals surface area contributed by atoms with Crippen LogP contribution in [-0.4, -0.2) is 35.3 Å². The summed E-state index contributed by atoms with van der Waals surface area (Å²) in [6.07, 6.45) is 1.45. The zero-order valence-electron chi connectivity index (χ0n) is 15.2. The van der Waals surface area contributed by atoms with Crippen LogP contribution in [0.4, 0.5) is 0 Å². The highest BCUT2D eigenvalue weighted by Crippen LogP contribution is 2.40. The van der Waals surface area contributed by atoms with Crippen molar-refractivity contribution in [2.75, 3.05) is 13.1 Å². The van der Waals surface area contributed by atoms with E-state index in [-0.39, 0.29) is 32.3 Å². The minimum absolute atomic E-state index is 0.0886. The molecule has 0 aliphatic carbocycles. The molecule has 2 aliphatic heterocycles. The molecule has 146 valence electrons. The molecule has 1 amide bonds. The van der Waals surface area contributed by atoms with Crippen LogP contribution in [0, 0.1) is 6.92 Å². The molecule has 1 fully saturated rings. The van der Waals surface area contributed by atoms with Gasteiger partial charge in [0.05, 0.1) is 32.6 Å². The molecule has 2 aliphatic rings. The Balaban J connectivity index is 1.53. The van der Waals surface area contributed by atoms with Crippen LogP contribution in [0.5, 0.6) is 5.75 Å². The van der Waals surface area contributed by atoms with Gasteiger partial charge in [-0.3, -0.25) is 9.59 Å². The number of nitrogens with zero attached hydrogens (tertiary/aromatic N) is 1. The van der Waals surface area contributed by atoms with E-state index in [0.29, 0.717) is 43.7 Å². The molecule has 0 radical (unpaired) electrons. The van der Waals surface area contributed by atoms with Gasteiger partial charge in [-0.05, 0) is 31.2 Å². The van der Waals surface area contributed by atoms with Crippen molar-refractivity contribution < 1.29 is 14.3 Å². The monoisotopic (exact) mass is 437 g/mol. The average Bonchev–Trinajstić information content (AvgIpc) is 2.66. The smallest absolute Gasteiger partial charge is 0.256 e. The number of carbonyl (C=O) groups excluding carboxylic acids is 2. The summed E-state index contributed by atoms with van der Waals surface area (Å²) in [7, 11) is 0. The largest absolute Gasteiger partial charge is 0.486 e. The van der Waals surface area contributed by atoms with E-state index in [2.05, 4.69) is 0 Å². The zero-order valence-corrected chi connectivity index (χ0v) is 17.5. The molecular weight excluding hydrogens is 421 g/mol. The van der Waals surface area contributed by atoms with Gasteiger partial charge in [0.2, 0.25) is 0 Å². The molecule has 1 saturated heterocycles. The molecule has 0 N–H and O–H groups in total. The number of likely N-dealkylation sites (tertiary alicyclic amines) is 1. The average molecular weight is 439 g/mol. The summed E-state index contributed by atoms with van der Waals surface area (Å²) in [6.45, 7) is 2.85. The fourth-order valence-electron chi connectivity index (χ4n) is 3.89. The lowest BCUT2D eigenvalue weighted by Crippen LogP contribution is -2.52. The molecule has 2 aromatic carbocycles. The van der Waals surface area contributed by atoms with Crippen LogP contribution < -0.4 is 4.74 Å². The predicted molar refractivity (Wildman–Crippen MR) is 110 cm³/mol. The summed E-state index contributed by atoms with van der Waals surface area (Å²) in [4.78, 5) is 27.3. The summed E-state index contributed by atoms with van der Waals surface area (Å²) >= 11 is 18.4. The molecule has 1 spiro atoms.